The molecule has 10 heteroatoms. The lowest BCUT2D eigenvalue weighted by Crippen LogP contribution is -2.36. The van der Waals surface area contributed by atoms with Gasteiger partial charge in [0.2, 0.25) is 5.75 Å². The molecule has 1 aromatic heterocycles. The molecular formula is C27H28FN3O6. The zero-order valence-corrected chi connectivity index (χ0v) is 20.6. The minimum atomic E-state index is -0.798. The van der Waals surface area contributed by atoms with Crippen molar-refractivity contribution in [2.75, 3.05) is 13.7 Å². The molecule has 1 aliphatic heterocycles. The van der Waals surface area contributed by atoms with Crippen molar-refractivity contribution in [3.05, 3.63) is 93.4 Å². The van der Waals surface area contributed by atoms with Crippen LogP contribution in [0.3, 0.4) is 0 Å². The van der Waals surface area contributed by atoms with Crippen molar-refractivity contribution in [1.82, 2.24) is 14.5 Å². The maximum Gasteiger partial charge on any atom is 0.410 e. The van der Waals surface area contributed by atoms with E-state index in [1.165, 1.54) is 31.2 Å². The van der Waals surface area contributed by atoms with Gasteiger partial charge in [-0.1, -0.05) is 42.5 Å². The minimum Gasteiger partial charge on any atom is -0.501 e. The first-order chi connectivity index (χ1) is 17.8. The van der Waals surface area contributed by atoms with Gasteiger partial charge in [0.05, 0.1) is 18.7 Å². The average Bonchev–Trinajstić information content (AvgIpc) is 3.35. The van der Waals surface area contributed by atoms with E-state index in [0.29, 0.717) is 6.42 Å². The highest BCUT2D eigenvalue weighted by Gasteiger charge is 2.40. The fourth-order valence-electron chi connectivity index (χ4n) is 4.34. The number of hydrogen-bond acceptors (Lipinski definition) is 7. The SMILES string of the molecule is CO[C@@H]1C[C@@H](c2nc(C(=O)CCc3ccc(F)cc3)c(O)c(=O)n2C)N(C(=O)OCc2ccccc2)C1. The fourth-order valence-corrected chi connectivity index (χ4v) is 4.34. The Balaban J connectivity index is 1.58. The quantitative estimate of drug-likeness (QED) is 0.463. The Kier molecular flexibility index (Phi) is 7.98. The van der Waals surface area contributed by atoms with Crippen LogP contribution in [-0.2, 0) is 29.5 Å². The number of ketones is 1. The van der Waals surface area contributed by atoms with Crippen LogP contribution in [-0.4, -0.2) is 51.2 Å². The number of benzene rings is 2. The first kappa shape index (κ1) is 26.0. The van der Waals surface area contributed by atoms with Crippen molar-refractivity contribution in [2.45, 2.75) is 38.0 Å². The molecule has 0 unspecified atom stereocenters. The van der Waals surface area contributed by atoms with Crippen LogP contribution in [0.5, 0.6) is 5.75 Å². The fraction of sp³-hybridized carbons (Fsp3) is 0.333. The highest BCUT2D eigenvalue weighted by molar-refractivity contribution is 5.96. The number of carbonyl (C=O) groups excluding carboxylic acids is 2. The summed E-state index contributed by atoms with van der Waals surface area (Å²) < 4.78 is 25.3. The lowest BCUT2D eigenvalue weighted by Gasteiger charge is -2.25. The molecule has 2 atom stereocenters. The lowest BCUT2D eigenvalue weighted by molar-refractivity contribution is 0.0791. The molecule has 2 aromatic carbocycles. The average molecular weight is 510 g/mol. The topological polar surface area (TPSA) is 111 Å². The molecule has 1 aliphatic rings. The molecule has 1 amide bonds. The number of methoxy groups -OCH3 is 1. The number of aryl methyl sites for hydroxylation is 1. The van der Waals surface area contributed by atoms with E-state index in [9.17, 15) is 23.9 Å². The number of Topliss-reactive ketones (excluding diaryl/α,β-unsaturated/α-hetero) is 1. The van der Waals surface area contributed by atoms with Crippen molar-refractivity contribution < 1.29 is 28.6 Å². The van der Waals surface area contributed by atoms with Gasteiger partial charge in [0, 0.05) is 27.0 Å². The van der Waals surface area contributed by atoms with Crippen molar-refractivity contribution in [2.24, 2.45) is 7.05 Å². The molecule has 1 fully saturated rings. The van der Waals surface area contributed by atoms with Gasteiger partial charge in [-0.15, -0.1) is 0 Å². The van der Waals surface area contributed by atoms with Gasteiger partial charge in [-0.25, -0.2) is 14.2 Å². The molecule has 0 spiro atoms. The van der Waals surface area contributed by atoms with Gasteiger partial charge in [-0.2, -0.15) is 0 Å². The van der Waals surface area contributed by atoms with E-state index < -0.39 is 29.2 Å². The van der Waals surface area contributed by atoms with Crippen LogP contribution in [0.4, 0.5) is 9.18 Å². The van der Waals surface area contributed by atoms with E-state index in [1.807, 2.05) is 30.3 Å². The van der Waals surface area contributed by atoms with Gasteiger partial charge >= 0.3 is 6.09 Å². The summed E-state index contributed by atoms with van der Waals surface area (Å²) in [5, 5.41) is 10.4. The van der Waals surface area contributed by atoms with Crippen LogP contribution >= 0.6 is 0 Å². The second kappa shape index (κ2) is 11.3. The minimum absolute atomic E-state index is 0.0486. The lowest BCUT2D eigenvalue weighted by atomic mass is 10.1. The number of nitrogens with zero attached hydrogens (tertiary/aromatic N) is 3. The molecule has 1 saturated heterocycles. The number of amides is 1. The zero-order valence-electron chi connectivity index (χ0n) is 20.6. The Morgan fingerprint density at radius 2 is 1.81 bits per heavy atom. The molecule has 0 bridgehead atoms. The Morgan fingerprint density at radius 3 is 2.49 bits per heavy atom. The first-order valence-electron chi connectivity index (χ1n) is 11.9. The third kappa shape index (κ3) is 5.86. The number of likely N-dealkylation sites (tertiary alicyclic amines) is 1. The summed E-state index contributed by atoms with van der Waals surface area (Å²) in [7, 11) is 2.94. The number of aromatic hydroxyl groups is 1. The number of aromatic nitrogens is 2. The van der Waals surface area contributed by atoms with Crippen molar-refractivity contribution in [3.63, 3.8) is 0 Å². The largest absolute Gasteiger partial charge is 0.501 e. The number of ether oxygens (including phenoxy) is 2. The molecule has 3 aromatic rings. The molecule has 2 heterocycles. The summed E-state index contributed by atoms with van der Waals surface area (Å²) in [6, 6.07) is 14.2. The number of carbonyl (C=O) groups is 2. The Morgan fingerprint density at radius 1 is 1.11 bits per heavy atom. The van der Waals surface area contributed by atoms with Crippen LogP contribution in [0.2, 0.25) is 0 Å². The molecular weight excluding hydrogens is 481 g/mol. The maximum absolute atomic E-state index is 13.2. The van der Waals surface area contributed by atoms with Crippen molar-refractivity contribution in [1.29, 1.82) is 0 Å². The molecule has 37 heavy (non-hydrogen) atoms. The Bertz CT molecular complexity index is 1330. The standard InChI is InChI=1S/C27H28FN3O6/c1-30-25(21-14-20(36-2)15-31(21)27(35)37-16-18-6-4-3-5-7-18)29-23(24(33)26(30)34)22(32)13-10-17-8-11-19(28)12-9-17/h3-9,11-12,20-21,33H,10,13-16H2,1-2H3/t20-,21+/m1/s1. The van der Waals surface area contributed by atoms with Crippen molar-refractivity contribution >= 4 is 11.9 Å². The van der Waals surface area contributed by atoms with Gasteiger partial charge in [-0.05, 0) is 29.7 Å². The predicted molar refractivity (Wildman–Crippen MR) is 132 cm³/mol. The predicted octanol–water partition coefficient (Wildman–Crippen LogP) is 3.54. The van der Waals surface area contributed by atoms with Gasteiger partial charge < -0.3 is 14.6 Å². The van der Waals surface area contributed by atoms with Crippen LogP contribution in [0.15, 0.2) is 59.4 Å². The van der Waals surface area contributed by atoms with E-state index in [-0.39, 0.29) is 49.4 Å². The third-order valence-corrected chi connectivity index (χ3v) is 6.45. The number of halogens is 1. The number of rotatable bonds is 8. The molecule has 194 valence electrons. The Labute approximate surface area is 213 Å². The highest BCUT2D eigenvalue weighted by Crippen LogP contribution is 2.33. The van der Waals surface area contributed by atoms with Gasteiger partial charge in [-0.3, -0.25) is 19.1 Å². The summed E-state index contributed by atoms with van der Waals surface area (Å²) in [4.78, 5) is 44.6. The van der Waals surface area contributed by atoms with E-state index in [2.05, 4.69) is 4.98 Å². The van der Waals surface area contributed by atoms with E-state index in [0.717, 1.165) is 15.7 Å². The first-order valence-corrected chi connectivity index (χ1v) is 11.9. The molecule has 0 radical (unpaired) electrons. The highest BCUT2D eigenvalue weighted by atomic mass is 19.1. The Hall–Kier alpha value is -4.05. The van der Waals surface area contributed by atoms with Crippen LogP contribution in [0, 0.1) is 5.82 Å². The van der Waals surface area contributed by atoms with Crippen LogP contribution in [0.25, 0.3) is 0 Å². The second-order valence-corrected chi connectivity index (χ2v) is 8.88. The summed E-state index contributed by atoms with van der Waals surface area (Å²) >= 11 is 0. The molecule has 0 aliphatic carbocycles. The summed E-state index contributed by atoms with van der Waals surface area (Å²) in [6.45, 7) is 0.273. The summed E-state index contributed by atoms with van der Waals surface area (Å²) in [5.41, 5.74) is 0.385. The maximum atomic E-state index is 13.2. The van der Waals surface area contributed by atoms with Crippen molar-refractivity contribution in [3.8, 4) is 5.75 Å². The van der Waals surface area contributed by atoms with E-state index in [4.69, 9.17) is 9.47 Å². The van der Waals surface area contributed by atoms with Gasteiger partial charge in [0.25, 0.3) is 5.56 Å². The molecule has 4 rings (SSSR count). The molecule has 0 saturated carbocycles. The van der Waals surface area contributed by atoms with Gasteiger partial charge in [0.1, 0.15) is 18.2 Å². The van der Waals surface area contributed by atoms with E-state index in [1.54, 1.807) is 12.1 Å². The molecule has 1 N–H and O–H groups in total. The monoisotopic (exact) mass is 509 g/mol. The number of hydrogen-bond donors (Lipinski definition) is 1. The zero-order chi connectivity index (χ0) is 26.5. The van der Waals surface area contributed by atoms with Crippen LogP contribution < -0.4 is 5.56 Å². The smallest absolute Gasteiger partial charge is 0.410 e. The van der Waals surface area contributed by atoms with Gasteiger partial charge in [0.15, 0.2) is 11.5 Å². The second-order valence-electron chi connectivity index (χ2n) is 8.88. The summed E-state index contributed by atoms with van der Waals surface area (Å²) in [5.74, 6) is -1.54. The van der Waals surface area contributed by atoms with E-state index >= 15 is 0 Å². The molecule has 9 nitrogen and oxygen atoms in total. The summed E-state index contributed by atoms with van der Waals surface area (Å²) in [6.07, 6.45) is -0.395. The van der Waals surface area contributed by atoms with Crippen LogP contribution in [0.1, 0.15) is 46.3 Å². The third-order valence-electron chi connectivity index (χ3n) is 6.45. The normalized spacial score (nSPS) is 17.1.